The van der Waals surface area contributed by atoms with Crippen molar-refractivity contribution in [3.63, 3.8) is 0 Å². The molecule has 2 aliphatic heterocycles. The summed E-state index contributed by atoms with van der Waals surface area (Å²) in [5.41, 5.74) is 4.06. The summed E-state index contributed by atoms with van der Waals surface area (Å²) in [7, 11) is 0. The van der Waals surface area contributed by atoms with E-state index in [-0.39, 0.29) is 0 Å². The summed E-state index contributed by atoms with van der Waals surface area (Å²) in [6, 6.07) is 6.40. The van der Waals surface area contributed by atoms with Gasteiger partial charge in [-0.3, -0.25) is 4.90 Å². The smallest absolute Gasteiger partial charge is 0.116 e. The van der Waals surface area contributed by atoms with Crippen molar-refractivity contribution < 1.29 is 5.11 Å². The van der Waals surface area contributed by atoms with Gasteiger partial charge in [-0.1, -0.05) is 27.2 Å². The van der Waals surface area contributed by atoms with Gasteiger partial charge in [0, 0.05) is 41.6 Å². The van der Waals surface area contributed by atoms with Gasteiger partial charge < -0.3 is 10.1 Å². The van der Waals surface area contributed by atoms with Crippen molar-refractivity contribution in [1.29, 1.82) is 0 Å². The van der Waals surface area contributed by atoms with E-state index in [2.05, 4.69) is 30.7 Å². The van der Waals surface area contributed by atoms with Crippen molar-refractivity contribution in [3.8, 4) is 5.75 Å². The molecule has 5 atom stereocenters. The maximum atomic E-state index is 9.86. The van der Waals surface area contributed by atoms with Crippen molar-refractivity contribution in [1.82, 2.24) is 9.88 Å². The van der Waals surface area contributed by atoms with Gasteiger partial charge in [0.05, 0.1) is 0 Å². The Kier molecular flexibility index (Phi) is 3.23. The number of fused-ring (bicyclic) bond motifs is 6. The lowest BCUT2D eigenvalue weighted by atomic mass is 9.81. The fraction of sp³-hybridized carbons (Fsp3) is 0.579. The van der Waals surface area contributed by atoms with Crippen LogP contribution in [-0.2, 0) is 6.42 Å². The average Bonchev–Trinajstić information content (AvgIpc) is 2.95. The van der Waals surface area contributed by atoms with Gasteiger partial charge >= 0.3 is 0 Å². The zero-order valence-electron chi connectivity index (χ0n) is 13.8. The normalized spacial score (nSPS) is 32.0. The van der Waals surface area contributed by atoms with Crippen LogP contribution in [0.15, 0.2) is 18.2 Å². The van der Waals surface area contributed by atoms with E-state index in [1.807, 2.05) is 12.1 Å². The number of rotatable bonds is 2. The fourth-order valence-corrected chi connectivity index (χ4v) is 4.89. The summed E-state index contributed by atoms with van der Waals surface area (Å²) in [6.07, 6.45) is 2.33. The summed E-state index contributed by atoms with van der Waals surface area (Å²) in [5.74, 6) is 2.39. The second kappa shape index (κ2) is 5.02. The third-order valence-corrected chi connectivity index (χ3v) is 6.06. The first kappa shape index (κ1) is 14.1. The first-order valence-electron chi connectivity index (χ1n) is 8.67. The number of nitrogens with one attached hydrogen (secondary N) is 1. The third-order valence-electron chi connectivity index (χ3n) is 6.06. The molecular weight excluding hydrogens is 272 g/mol. The Morgan fingerprint density at radius 2 is 2.23 bits per heavy atom. The zero-order valence-corrected chi connectivity index (χ0v) is 13.8. The Bertz CT molecular complexity index is 705. The minimum Gasteiger partial charge on any atom is -0.508 e. The highest BCUT2D eigenvalue weighted by Crippen LogP contribution is 2.46. The molecule has 118 valence electrons. The molecule has 0 amide bonds. The predicted molar refractivity (Wildman–Crippen MR) is 90.4 cm³/mol. The molecule has 1 fully saturated rings. The number of aromatic hydroxyl groups is 1. The van der Waals surface area contributed by atoms with Crippen molar-refractivity contribution in [2.24, 2.45) is 11.8 Å². The highest BCUT2D eigenvalue weighted by molar-refractivity contribution is 5.86. The standard InChI is InChI=1S/C19H26N2O/c1-4-11(2)19-17-12(3)10-21(19)8-7-14-15-9-13(22)5-6-16(15)20-18(14)17/h5-6,9,11-12,17,19-20,22H,4,7-8,10H2,1-3H3. The molecular formula is C19H26N2O. The number of phenols is 1. The van der Waals surface area contributed by atoms with E-state index in [0.717, 1.165) is 18.9 Å². The van der Waals surface area contributed by atoms with E-state index in [9.17, 15) is 5.11 Å². The number of benzene rings is 1. The predicted octanol–water partition coefficient (Wildman–Crippen LogP) is 3.88. The van der Waals surface area contributed by atoms with Crippen LogP contribution in [0.4, 0.5) is 0 Å². The molecule has 22 heavy (non-hydrogen) atoms. The van der Waals surface area contributed by atoms with Crippen molar-refractivity contribution in [2.45, 2.75) is 45.6 Å². The van der Waals surface area contributed by atoms with Gasteiger partial charge in [-0.15, -0.1) is 0 Å². The number of hydrogen-bond acceptors (Lipinski definition) is 2. The molecule has 0 saturated carbocycles. The molecule has 4 rings (SSSR count). The summed E-state index contributed by atoms with van der Waals surface area (Å²) >= 11 is 0. The maximum Gasteiger partial charge on any atom is 0.116 e. The molecule has 1 saturated heterocycles. The molecule has 2 aliphatic rings. The first-order chi connectivity index (χ1) is 10.6. The SMILES string of the molecule is CCC(C)C1C2c3[nH]c4ccc(O)cc4c3CCN1CC2C. The maximum absolute atomic E-state index is 9.86. The van der Waals surface area contributed by atoms with Gasteiger partial charge in [-0.25, -0.2) is 0 Å². The number of aromatic amines is 1. The lowest BCUT2D eigenvalue weighted by Crippen LogP contribution is -2.37. The molecule has 1 aromatic carbocycles. The molecule has 3 heterocycles. The average molecular weight is 298 g/mol. The Balaban J connectivity index is 1.89. The van der Waals surface area contributed by atoms with E-state index in [1.54, 1.807) is 6.07 Å². The van der Waals surface area contributed by atoms with Crippen LogP contribution in [0.25, 0.3) is 10.9 Å². The van der Waals surface area contributed by atoms with Gasteiger partial charge in [-0.05, 0) is 42.0 Å². The van der Waals surface area contributed by atoms with E-state index in [4.69, 9.17) is 0 Å². The van der Waals surface area contributed by atoms with E-state index < -0.39 is 0 Å². The van der Waals surface area contributed by atoms with Gasteiger partial charge in [0.15, 0.2) is 0 Å². The van der Waals surface area contributed by atoms with Gasteiger partial charge in [0.1, 0.15) is 5.75 Å². The first-order valence-corrected chi connectivity index (χ1v) is 8.67. The number of H-pyrrole nitrogens is 1. The molecule has 5 unspecified atom stereocenters. The summed E-state index contributed by atoms with van der Waals surface area (Å²) in [5, 5.41) is 11.1. The molecule has 0 spiro atoms. The lowest BCUT2D eigenvalue weighted by molar-refractivity contribution is 0.190. The van der Waals surface area contributed by atoms with Crippen LogP contribution in [0.1, 0.15) is 44.4 Å². The summed E-state index contributed by atoms with van der Waals surface area (Å²) < 4.78 is 0. The van der Waals surface area contributed by atoms with E-state index >= 15 is 0 Å². The molecule has 2 aromatic rings. The second-order valence-electron chi connectivity index (χ2n) is 7.37. The fourth-order valence-electron chi connectivity index (χ4n) is 4.89. The Hall–Kier alpha value is -1.48. The van der Waals surface area contributed by atoms with Crippen LogP contribution in [-0.4, -0.2) is 34.1 Å². The van der Waals surface area contributed by atoms with E-state index in [1.165, 1.54) is 35.1 Å². The lowest BCUT2D eigenvalue weighted by Gasteiger charge is -2.31. The van der Waals surface area contributed by atoms with Crippen LogP contribution in [0.2, 0.25) is 0 Å². The summed E-state index contributed by atoms with van der Waals surface area (Å²) in [6.45, 7) is 9.48. The van der Waals surface area contributed by atoms with Crippen LogP contribution in [0, 0.1) is 11.8 Å². The monoisotopic (exact) mass is 298 g/mol. The van der Waals surface area contributed by atoms with E-state index in [0.29, 0.717) is 23.6 Å². The summed E-state index contributed by atoms with van der Waals surface area (Å²) in [4.78, 5) is 6.43. The molecule has 0 aliphatic carbocycles. The van der Waals surface area contributed by atoms with Gasteiger partial charge in [-0.2, -0.15) is 0 Å². The van der Waals surface area contributed by atoms with Crippen LogP contribution < -0.4 is 0 Å². The third kappa shape index (κ3) is 1.91. The second-order valence-corrected chi connectivity index (χ2v) is 7.37. The van der Waals surface area contributed by atoms with Crippen molar-refractivity contribution >= 4 is 10.9 Å². The minimum absolute atomic E-state index is 0.371. The Morgan fingerprint density at radius 1 is 1.41 bits per heavy atom. The number of hydrogen-bond donors (Lipinski definition) is 2. The largest absolute Gasteiger partial charge is 0.508 e. The van der Waals surface area contributed by atoms with Gasteiger partial charge in [0.25, 0.3) is 0 Å². The number of aromatic nitrogens is 1. The number of nitrogens with zero attached hydrogens (tertiary/aromatic N) is 1. The topological polar surface area (TPSA) is 39.3 Å². The van der Waals surface area contributed by atoms with Crippen LogP contribution >= 0.6 is 0 Å². The molecule has 2 bridgehead atoms. The van der Waals surface area contributed by atoms with Crippen LogP contribution in [0.3, 0.4) is 0 Å². The molecule has 3 nitrogen and oxygen atoms in total. The Morgan fingerprint density at radius 3 is 3.00 bits per heavy atom. The van der Waals surface area contributed by atoms with Crippen LogP contribution in [0.5, 0.6) is 5.75 Å². The highest BCUT2D eigenvalue weighted by atomic mass is 16.3. The van der Waals surface area contributed by atoms with Crippen molar-refractivity contribution in [3.05, 3.63) is 29.5 Å². The molecule has 2 N–H and O–H groups in total. The molecule has 0 radical (unpaired) electrons. The zero-order chi connectivity index (χ0) is 15.4. The highest BCUT2D eigenvalue weighted by Gasteiger charge is 2.45. The minimum atomic E-state index is 0.371. The van der Waals surface area contributed by atoms with Crippen molar-refractivity contribution in [2.75, 3.05) is 13.1 Å². The molecule has 3 heteroatoms. The molecule has 1 aromatic heterocycles. The quantitative estimate of drug-likeness (QED) is 0.883. The van der Waals surface area contributed by atoms with Gasteiger partial charge in [0.2, 0.25) is 0 Å². The number of phenolic OH excluding ortho intramolecular Hbond substituents is 1. The Labute approximate surface area is 132 Å².